The van der Waals surface area contributed by atoms with Crippen molar-refractivity contribution in [2.24, 2.45) is 21.8 Å². The first kappa shape index (κ1) is 14.2. The molecule has 2 saturated carbocycles. The lowest BCUT2D eigenvalue weighted by atomic mass is 9.70. The van der Waals surface area contributed by atoms with Crippen molar-refractivity contribution >= 4 is 28.8 Å². The number of hydrazone groups is 1. The number of hydrogen-bond acceptors (Lipinski definition) is 3. The first-order valence-corrected chi connectivity index (χ1v) is 7.02. The fourth-order valence-electron chi connectivity index (χ4n) is 3.27. The van der Waals surface area contributed by atoms with Gasteiger partial charge in [0, 0.05) is 17.9 Å². The number of nitrogens with one attached hydrogen (secondary N) is 2. The van der Waals surface area contributed by atoms with Crippen molar-refractivity contribution in [2.75, 3.05) is 6.54 Å². The van der Waals surface area contributed by atoms with Crippen LogP contribution in [0.15, 0.2) is 17.8 Å². The molecule has 2 rings (SSSR count). The molecule has 0 aromatic heterocycles. The molecule has 0 unspecified atom stereocenters. The maximum absolute atomic E-state index is 12.5. The van der Waals surface area contributed by atoms with E-state index in [2.05, 4.69) is 43.2 Å². The standard InChI is InChI=1S/C14H21N3OS/c1-5-8-15-12(19)17-16-10-9-6-7-14(4,11(10)18)13(9,2)3/h5,9H,1,6-8H2,2-4H3,(H2,15,17,19)/b16-10+/t9-,14-/m1/s1. The molecule has 0 amide bonds. The molecule has 4 nitrogen and oxygen atoms in total. The molecular formula is C14H21N3OS. The van der Waals surface area contributed by atoms with Gasteiger partial charge in [0.25, 0.3) is 0 Å². The van der Waals surface area contributed by atoms with E-state index < -0.39 is 0 Å². The Balaban J connectivity index is 2.13. The van der Waals surface area contributed by atoms with Crippen LogP contribution >= 0.6 is 12.2 Å². The molecule has 2 N–H and O–H groups in total. The average Bonchev–Trinajstić information content (AvgIpc) is 2.66. The van der Waals surface area contributed by atoms with Gasteiger partial charge >= 0.3 is 0 Å². The topological polar surface area (TPSA) is 53.5 Å². The Morgan fingerprint density at radius 2 is 2.26 bits per heavy atom. The molecule has 0 radical (unpaired) electrons. The summed E-state index contributed by atoms with van der Waals surface area (Å²) in [5.41, 5.74) is 3.14. The van der Waals surface area contributed by atoms with Crippen LogP contribution in [0.4, 0.5) is 0 Å². The highest BCUT2D eigenvalue weighted by Gasteiger charge is 2.65. The number of rotatable bonds is 3. The third-order valence-electron chi connectivity index (χ3n) is 4.98. The Kier molecular flexibility index (Phi) is 3.51. The average molecular weight is 279 g/mol. The van der Waals surface area contributed by atoms with Gasteiger partial charge in [0.1, 0.15) is 5.71 Å². The Hall–Kier alpha value is -1.23. The van der Waals surface area contributed by atoms with Crippen molar-refractivity contribution in [3.63, 3.8) is 0 Å². The molecule has 0 aromatic rings. The van der Waals surface area contributed by atoms with E-state index in [1.165, 1.54) is 0 Å². The van der Waals surface area contributed by atoms with Crippen LogP contribution in [0, 0.1) is 16.7 Å². The Morgan fingerprint density at radius 3 is 2.79 bits per heavy atom. The van der Waals surface area contributed by atoms with Crippen molar-refractivity contribution in [1.82, 2.24) is 10.7 Å². The Morgan fingerprint density at radius 1 is 1.58 bits per heavy atom. The largest absolute Gasteiger partial charge is 0.358 e. The minimum Gasteiger partial charge on any atom is -0.358 e. The number of thiocarbonyl (C=S) groups is 1. The van der Waals surface area contributed by atoms with E-state index in [1.54, 1.807) is 6.08 Å². The molecule has 0 aliphatic heterocycles. The summed E-state index contributed by atoms with van der Waals surface area (Å²) in [6, 6.07) is 0. The molecular weight excluding hydrogens is 258 g/mol. The lowest BCUT2D eigenvalue weighted by Crippen LogP contribution is -2.36. The zero-order chi connectivity index (χ0) is 14.3. The maximum Gasteiger partial charge on any atom is 0.187 e. The monoisotopic (exact) mass is 279 g/mol. The van der Waals surface area contributed by atoms with Crippen LogP contribution in [0.2, 0.25) is 0 Å². The molecule has 0 spiro atoms. The molecule has 5 heteroatoms. The van der Waals surface area contributed by atoms with E-state index in [9.17, 15) is 4.79 Å². The van der Waals surface area contributed by atoms with Crippen LogP contribution in [-0.4, -0.2) is 23.2 Å². The minimum absolute atomic E-state index is 0.0131. The highest BCUT2D eigenvalue weighted by atomic mass is 32.1. The Bertz CT molecular complexity index is 469. The summed E-state index contributed by atoms with van der Waals surface area (Å²) in [5, 5.41) is 7.61. The van der Waals surface area contributed by atoms with E-state index >= 15 is 0 Å². The van der Waals surface area contributed by atoms with Crippen molar-refractivity contribution in [2.45, 2.75) is 33.6 Å². The summed E-state index contributed by atoms with van der Waals surface area (Å²) in [5.74, 6) is 0.410. The van der Waals surface area contributed by atoms with Crippen LogP contribution in [0.5, 0.6) is 0 Å². The van der Waals surface area contributed by atoms with Gasteiger partial charge < -0.3 is 5.32 Å². The lowest BCUT2D eigenvalue weighted by molar-refractivity contribution is -0.123. The summed E-state index contributed by atoms with van der Waals surface area (Å²) >= 11 is 5.08. The second-order valence-corrected chi connectivity index (χ2v) is 6.49. The fraction of sp³-hybridized carbons (Fsp3) is 0.643. The van der Waals surface area contributed by atoms with Crippen molar-refractivity contribution < 1.29 is 4.79 Å². The SMILES string of the molecule is C=CCNC(=S)N/N=C1/C(=O)[C@@]2(C)CC[C@H]1C2(C)C. The number of Topliss-reactive ketones (excluding diaryl/α,β-unsaturated/α-hetero) is 1. The molecule has 2 atom stereocenters. The van der Waals surface area contributed by atoms with Gasteiger partial charge in [-0.05, 0) is 30.5 Å². The molecule has 2 aliphatic carbocycles. The van der Waals surface area contributed by atoms with Gasteiger partial charge in [0.05, 0.1) is 0 Å². The summed E-state index contributed by atoms with van der Waals surface area (Å²) in [6.07, 6.45) is 3.71. The summed E-state index contributed by atoms with van der Waals surface area (Å²) in [4.78, 5) is 12.5. The zero-order valence-corrected chi connectivity index (χ0v) is 12.6. The normalized spacial score (nSPS) is 33.5. The van der Waals surface area contributed by atoms with Gasteiger partial charge in [-0.3, -0.25) is 10.2 Å². The quantitative estimate of drug-likeness (QED) is 0.471. The number of carbonyl (C=O) groups is 1. The second kappa shape index (κ2) is 4.71. The van der Waals surface area contributed by atoms with Crippen molar-refractivity contribution in [3.05, 3.63) is 12.7 Å². The number of fused-ring (bicyclic) bond motifs is 2. The molecule has 2 bridgehead atoms. The summed E-state index contributed by atoms with van der Waals surface area (Å²) in [7, 11) is 0. The number of hydrogen-bond donors (Lipinski definition) is 2. The van der Waals surface area contributed by atoms with E-state index in [0.717, 1.165) is 12.8 Å². The summed E-state index contributed by atoms with van der Waals surface area (Å²) < 4.78 is 0. The Labute approximate surface area is 119 Å². The van der Waals surface area contributed by atoms with Gasteiger partial charge in [0.15, 0.2) is 10.9 Å². The first-order valence-electron chi connectivity index (χ1n) is 6.61. The van der Waals surface area contributed by atoms with Gasteiger partial charge in [-0.25, -0.2) is 0 Å². The molecule has 2 fully saturated rings. The van der Waals surface area contributed by atoms with Gasteiger partial charge in [-0.2, -0.15) is 5.10 Å². The maximum atomic E-state index is 12.5. The van der Waals surface area contributed by atoms with Gasteiger partial charge in [-0.15, -0.1) is 6.58 Å². The first-order chi connectivity index (χ1) is 8.84. The van der Waals surface area contributed by atoms with Crippen LogP contribution in [0.3, 0.4) is 0 Å². The molecule has 104 valence electrons. The highest BCUT2D eigenvalue weighted by Crippen LogP contribution is 2.62. The third-order valence-corrected chi connectivity index (χ3v) is 5.21. The van der Waals surface area contributed by atoms with Crippen molar-refractivity contribution in [3.8, 4) is 0 Å². The van der Waals surface area contributed by atoms with Crippen LogP contribution in [-0.2, 0) is 4.79 Å². The molecule has 19 heavy (non-hydrogen) atoms. The predicted octanol–water partition coefficient (Wildman–Crippen LogP) is 2.02. The smallest absolute Gasteiger partial charge is 0.187 e. The number of nitrogens with zero attached hydrogens (tertiary/aromatic N) is 1. The number of carbonyl (C=O) groups excluding carboxylic acids is 1. The van der Waals surface area contributed by atoms with Crippen molar-refractivity contribution in [1.29, 1.82) is 0 Å². The molecule has 0 saturated heterocycles. The number of ketones is 1. The van der Waals surface area contributed by atoms with E-state index in [1.807, 2.05) is 0 Å². The third kappa shape index (κ3) is 2.00. The minimum atomic E-state index is -0.270. The van der Waals surface area contributed by atoms with E-state index in [4.69, 9.17) is 12.2 Å². The summed E-state index contributed by atoms with van der Waals surface area (Å²) in [6.45, 7) is 10.6. The van der Waals surface area contributed by atoms with Gasteiger partial charge in [-0.1, -0.05) is 26.8 Å². The fourth-order valence-corrected chi connectivity index (χ4v) is 3.40. The molecule has 0 heterocycles. The van der Waals surface area contributed by atoms with E-state index in [-0.39, 0.29) is 22.5 Å². The second-order valence-electron chi connectivity index (χ2n) is 6.08. The molecule has 2 aliphatic rings. The van der Waals surface area contributed by atoms with Crippen LogP contribution in [0.1, 0.15) is 33.6 Å². The molecule has 0 aromatic carbocycles. The zero-order valence-electron chi connectivity index (χ0n) is 11.7. The van der Waals surface area contributed by atoms with Gasteiger partial charge in [0.2, 0.25) is 0 Å². The lowest BCUT2D eigenvalue weighted by Gasteiger charge is -2.31. The van der Waals surface area contributed by atoms with Crippen LogP contribution in [0.25, 0.3) is 0 Å². The predicted molar refractivity (Wildman–Crippen MR) is 81.0 cm³/mol. The van der Waals surface area contributed by atoms with Crippen LogP contribution < -0.4 is 10.7 Å². The highest BCUT2D eigenvalue weighted by molar-refractivity contribution is 7.80. The van der Waals surface area contributed by atoms with E-state index in [0.29, 0.717) is 17.4 Å².